The molecule has 0 aliphatic rings. The van der Waals surface area contributed by atoms with E-state index in [1.165, 1.54) is 12.1 Å². The predicted molar refractivity (Wildman–Crippen MR) is 79.3 cm³/mol. The van der Waals surface area contributed by atoms with Gasteiger partial charge in [0, 0.05) is 18.2 Å². The van der Waals surface area contributed by atoms with E-state index >= 15 is 0 Å². The van der Waals surface area contributed by atoms with Gasteiger partial charge in [-0.15, -0.1) is 0 Å². The lowest BCUT2D eigenvalue weighted by molar-refractivity contribution is 0.134. The average molecular weight is 281 g/mol. The van der Waals surface area contributed by atoms with Crippen molar-refractivity contribution in [1.29, 1.82) is 0 Å². The Bertz CT molecular complexity index is 494. The maximum atomic E-state index is 13.6. The monoisotopic (exact) mass is 281 g/mol. The van der Waals surface area contributed by atoms with E-state index in [0.29, 0.717) is 18.2 Å². The van der Waals surface area contributed by atoms with E-state index in [-0.39, 0.29) is 17.1 Å². The van der Waals surface area contributed by atoms with Gasteiger partial charge in [0.2, 0.25) is 0 Å². The molecule has 0 bridgehead atoms. The van der Waals surface area contributed by atoms with Crippen LogP contribution in [0.25, 0.3) is 0 Å². The highest BCUT2D eigenvalue weighted by molar-refractivity contribution is 5.97. The molecule has 3 N–H and O–H groups in total. The minimum Gasteiger partial charge on any atom is -0.409 e. The van der Waals surface area contributed by atoms with Crippen LogP contribution in [0.2, 0.25) is 0 Å². The van der Waals surface area contributed by atoms with Gasteiger partial charge in [-0.25, -0.2) is 4.39 Å². The zero-order chi connectivity index (χ0) is 15.5. The van der Waals surface area contributed by atoms with Gasteiger partial charge in [-0.05, 0) is 43.1 Å². The number of nitrogens with zero attached hydrogens (tertiary/aromatic N) is 2. The number of benzene rings is 1. The number of nitrogens with two attached hydrogens (primary N) is 1. The molecule has 1 aromatic rings. The van der Waals surface area contributed by atoms with Crippen LogP contribution < -0.4 is 5.73 Å². The van der Waals surface area contributed by atoms with Crippen LogP contribution in [0, 0.1) is 11.2 Å². The van der Waals surface area contributed by atoms with E-state index in [4.69, 9.17) is 10.9 Å². The fraction of sp³-hybridized carbons (Fsp3) is 0.533. The summed E-state index contributed by atoms with van der Waals surface area (Å²) in [5, 5.41) is 11.6. The molecule has 0 saturated heterocycles. The third-order valence-corrected chi connectivity index (χ3v) is 3.71. The normalized spacial score (nSPS) is 14.7. The van der Waals surface area contributed by atoms with Gasteiger partial charge < -0.3 is 10.9 Å². The van der Waals surface area contributed by atoms with Crippen LogP contribution in [-0.2, 0) is 6.54 Å². The van der Waals surface area contributed by atoms with Crippen LogP contribution in [0.3, 0.4) is 0 Å². The summed E-state index contributed by atoms with van der Waals surface area (Å²) in [6, 6.07) is 4.80. The third-order valence-electron chi connectivity index (χ3n) is 3.71. The Morgan fingerprint density at radius 2 is 2.00 bits per heavy atom. The SMILES string of the molecule is CC(N(C)Cc1cc(F)cc(/C(N)=N/O)c1)C(C)(C)C. The Balaban J connectivity index is 2.96. The summed E-state index contributed by atoms with van der Waals surface area (Å²) < 4.78 is 13.6. The number of amidine groups is 1. The van der Waals surface area contributed by atoms with Gasteiger partial charge in [0.05, 0.1) is 0 Å². The Morgan fingerprint density at radius 1 is 1.40 bits per heavy atom. The molecular weight excluding hydrogens is 257 g/mol. The largest absolute Gasteiger partial charge is 0.409 e. The van der Waals surface area contributed by atoms with Gasteiger partial charge in [-0.1, -0.05) is 25.9 Å². The summed E-state index contributed by atoms with van der Waals surface area (Å²) in [6.45, 7) is 9.25. The molecule has 1 aromatic carbocycles. The molecule has 1 atom stereocenters. The summed E-state index contributed by atoms with van der Waals surface area (Å²) in [7, 11) is 2.00. The molecule has 0 amide bonds. The van der Waals surface area contributed by atoms with Gasteiger partial charge in [0.1, 0.15) is 5.82 Å². The highest BCUT2D eigenvalue weighted by Gasteiger charge is 2.23. The van der Waals surface area contributed by atoms with Gasteiger partial charge >= 0.3 is 0 Å². The van der Waals surface area contributed by atoms with Crippen LogP contribution in [-0.4, -0.2) is 29.0 Å². The molecule has 5 heteroatoms. The number of rotatable bonds is 4. The lowest BCUT2D eigenvalue weighted by atomic mass is 9.87. The molecule has 0 spiro atoms. The molecule has 0 heterocycles. The Morgan fingerprint density at radius 3 is 2.50 bits per heavy atom. The number of halogens is 1. The molecule has 1 unspecified atom stereocenters. The van der Waals surface area contributed by atoms with E-state index < -0.39 is 0 Å². The number of hydrogen-bond acceptors (Lipinski definition) is 3. The van der Waals surface area contributed by atoms with E-state index in [1.807, 2.05) is 7.05 Å². The zero-order valence-electron chi connectivity index (χ0n) is 12.8. The van der Waals surface area contributed by atoms with Crippen molar-refractivity contribution in [2.24, 2.45) is 16.3 Å². The van der Waals surface area contributed by atoms with Crippen molar-refractivity contribution in [3.63, 3.8) is 0 Å². The second-order valence-corrected chi connectivity index (χ2v) is 6.29. The van der Waals surface area contributed by atoms with Crippen LogP contribution in [0.4, 0.5) is 4.39 Å². The maximum absolute atomic E-state index is 13.6. The quantitative estimate of drug-likeness (QED) is 0.386. The van der Waals surface area contributed by atoms with Crippen molar-refractivity contribution in [1.82, 2.24) is 4.90 Å². The first-order valence-electron chi connectivity index (χ1n) is 6.62. The Labute approximate surface area is 120 Å². The van der Waals surface area contributed by atoms with Gasteiger partial charge in [-0.2, -0.15) is 0 Å². The molecular formula is C15H24FN3O. The molecule has 0 fully saturated rings. The van der Waals surface area contributed by atoms with Crippen molar-refractivity contribution < 1.29 is 9.60 Å². The van der Waals surface area contributed by atoms with Crippen LogP contribution >= 0.6 is 0 Å². The first-order chi connectivity index (χ1) is 9.15. The Kier molecular flexibility index (Phi) is 5.11. The van der Waals surface area contributed by atoms with Crippen LogP contribution in [0.15, 0.2) is 23.4 Å². The topological polar surface area (TPSA) is 61.8 Å². The third kappa shape index (κ3) is 4.20. The van der Waals surface area contributed by atoms with Gasteiger partial charge in [0.25, 0.3) is 0 Å². The molecule has 20 heavy (non-hydrogen) atoms. The van der Waals surface area contributed by atoms with E-state index in [0.717, 1.165) is 5.56 Å². The van der Waals surface area contributed by atoms with E-state index in [1.54, 1.807) is 6.07 Å². The summed E-state index contributed by atoms with van der Waals surface area (Å²) in [6.07, 6.45) is 0. The fourth-order valence-corrected chi connectivity index (χ4v) is 2.03. The molecule has 0 aliphatic carbocycles. The summed E-state index contributed by atoms with van der Waals surface area (Å²) >= 11 is 0. The molecule has 1 rings (SSSR count). The Hall–Kier alpha value is -1.62. The summed E-state index contributed by atoms with van der Waals surface area (Å²) in [4.78, 5) is 2.16. The van der Waals surface area contributed by atoms with Gasteiger partial charge in [0.15, 0.2) is 5.84 Å². The first kappa shape index (κ1) is 16.4. The summed E-state index contributed by atoms with van der Waals surface area (Å²) in [5.41, 5.74) is 6.83. The number of oxime groups is 1. The van der Waals surface area contributed by atoms with Crippen molar-refractivity contribution >= 4 is 5.84 Å². The van der Waals surface area contributed by atoms with Crippen LogP contribution in [0.1, 0.15) is 38.8 Å². The van der Waals surface area contributed by atoms with Crippen LogP contribution in [0.5, 0.6) is 0 Å². The van der Waals surface area contributed by atoms with E-state index in [9.17, 15) is 4.39 Å². The second kappa shape index (κ2) is 6.22. The maximum Gasteiger partial charge on any atom is 0.170 e. The molecule has 4 nitrogen and oxygen atoms in total. The highest BCUT2D eigenvalue weighted by Crippen LogP contribution is 2.24. The second-order valence-electron chi connectivity index (χ2n) is 6.29. The van der Waals surface area contributed by atoms with E-state index in [2.05, 4.69) is 37.8 Å². The molecule has 0 aliphatic heterocycles. The number of hydrogen-bond donors (Lipinski definition) is 2. The van der Waals surface area contributed by atoms with Crippen molar-refractivity contribution in [3.05, 3.63) is 35.1 Å². The average Bonchev–Trinajstić information content (AvgIpc) is 2.34. The van der Waals surface area contributed by atoms with Crippen molar-refractivity contribution in [2.45, 2.75) is 40.3 Å². The van der Waals surface area contributed by atoms with Crippen molar-refractivity contribution in [3.8, 4) is 0 Å². The minimum atomic E-state index is -0.388. The first-order valence-corrected chi connectivity index (χ1v) is 6.62. The fourth-order valence-electron chi connectivity index (χ4n) is 2.03. The van der Waals surface area contributed by atoms with Gasteiger partial charge in [-0.3, -0.25) is 4.90 Å². The molecule has 112 valence electrons. The standard InChI is InChI=1S/C15H24FN3O/c1-10(15(2,3)4)19(5)9-11-6-12(14(17)18-20)8-13(16)7-11/h6-8,10,20H,9H2,1-5H3,(H2,17,18). The zero-order valence-corrected chi connectivity index (χ0v) is 12.8. The molecule has 0 saturated carbocycles. The predicted octanol–water partition coefficient (Wildman–Crippen LogP) is 2.79. The smallest absolute Gasteiger partial charge is 0.170 e. The molecule has 0 radical (unpaired) electrons. The minimum absolute atomic E-state index is 0.0859. The molecule has 0 aromatic heterocycles. The lowest BCUT2D eigenvalue weighted by Crippen LogP contribution is -2.38. The lowest BCUT2D eigenvalue weighted by Gasteiger charge is -2.35. The highest BCUT2D eigenvalue weighted by atomic mass is 19.1. The summed E-state index contributed by atoms with van der Waals surface area (Å²) in [5.74, 6) is -0.474. The van der Waals surface area contributed by atoms with Crippen molar-refractivity contribution in [2.75, 3.05) is 7.05 Å².